The molecule has 3 aromatic rings. The second-order valence-electron chi connectivity index (χ2n) is 4.13. The molecule has 4 heteroatoms. The van der Waals surface area contributed by atoms with Gasteiger partial charge in [-0.25, -0.2) is 0 Å². The first-order valence-corrected chi connectivity index (χ1v) is 5.59. The predicted molar refractivity (Wildman–Crippen MR) is 68.8 cm³/mol. The number of rotatable bonds is 1. The lowest BCUT2D eigenvalue weighted by atomic mass is 10.0. The van der Waals surface area contributed by atoms with Crippen molar-refractivity contribution in [3.8, 4) is 17.3 Å². The zero-order chi connectivity index (χ0) is 12.5. The molecule has 0 saturated heterocycles. The molecule has 0 atom stereocenters. The van der Waals surface area contributed by atoms with Crippen molar-refractivity contribution < 1.29 is 0 Å². The van der Waals surface area contributed by atoms with Crippen LogP contribution in [-0.2, 0) is 0 Å². The predicted octanol–water partition coefficient (Wildman–Crippen LogP) is 2.80. The van der Waals surface area contributed by atoms with Gasteiger partial charge >= 0.3 is 0 Å². The highest BCUT2D eigenvalue weighted by Crippen LogP contribution is 2.27. The highest BCUT2D eigenvalue weighted by Gasteiger charge is 2.10. The van der Waals surface area contributed by atoms with Gasteiger partial charge in [0.2, 0.25) is 0 Å². The van der Waals surface area contributed by atoms with Gasteiger partial charge in [0.1, 0.15) is 5.69 Å². The summed E-state index contributed by atoms with van der Waals surface area (Å²) < 4.78 is 0. The summed E-state index contributed by atoms with van der Waals surface area (Å²) in [5.74, 6) is 0. The maximum Gasteiger partial charge on any atom is 0.100 e. The van der Waals surface area contributed by atoms with Crippen LogP contribution in [0.15, 0.2) is 36.7 Å². The lowest BCUT2D eigenvalue weighted by Crippen LogP contribution is -1.83. The van der Waals surface area contributed by atoms with Gasteiger partial charge in [0.05, 0.1) is 17.1 Å². The first kappa shape index (κ1) is 10.5. The topological polar surface area (TPSA) is 65.4 Å². The quantitative estimate of drug-likeness (QED) is 0.704. The van der Waals surface area contributed by atoms with Crippen LogP contribution in [0.25, 0.3) is 22.2 Å². The van der Waals surface area contributed by atoms with E-state index in [4.69, 9.17) is 5.26 Å². The molecular formula is C14H10N4. The number of aromatic nitrogens is 3. The van der Waals surface area contributed by atoms with Crippen molar-refractivity contribution in [2.75, 3.05) is 0 Å². The van der Waals surface area contributed by atoms with Crippen molar-refractivity contribution >= 4 is 10.9 Å². The molecular weight excluding hydrogens is 224 g/mol. The van der Waals surface area contributed by atoms with E-state index in [1.54, 1.807) is 12.4 Å². The number of benzene rings is 1. The van der Waals surface area contributed by atoms with Crippen LogP contribution in [0.1, 0.15) is 11.1 Å². The molecule has 0 spiro atoms. The second kappa shape index (κ2) is 3.97. The molecule has 0 unspecified atom stereocenters. The molecule has 2 heterocycles. The Hall–Kier alpha value is -2.67. The molecule has 18 heavy (non-hydrogen) atoms. The molecule has 3 rings (SSSR count). The highest BCUT2D eigenvalue weighted by molar-refractivity contribution is 5.94. The highest BCUT2D eigenvalue weighted by atomic mass is 15.1. The normalized spacial score (nSPS) is 10.4. The van der Waals surface area contributed by atoms with Gasteiger partial charge in [-0.2, -0.15) is 10.4 Å². The summed E-state index contributed by atoms with van der Waals surface area (Å²) in [6.07, 6.45) is 3.48. The number of fused-ring (bicyclic) bond motifs is 1. The van der Waals surface area contributed by atoms with Crippen molar-refractivity contribution in [3.05, 3.63) is 47.8 Å². The SMILES string of the molecule is Cc1cc2c(-c3ccncc3)n[nH]c2cc1C#N. The molecule has 4 nitrogen and oxygen atoms in total. The summed E-state index contributed by atoms with van der Waals surface area (Å²) in [6, 6.07) is 9.85. The number of hydrogen-bond donors (Lipinski definition) is 1. The van der Waals surface area contributed by atoms with Crippen LogP contribution < -0.4 is 0 Å². The average molecular weight is 234 g/mol. The molecule has 86 valence electrons. The Balaban J connectivity index is 2.28. The van der Waals surface area contributed by atoms with Crippen molar-refractivity contribution in [2.45, 2.75) is 6.92 Å². The van der Waals surface area contributed by atoms with Crippen molar-refractivity contribution in [3.63, 3.8) is 0 Å². The van der Waals surface area contributed by atoms with Crippen molar-refractivity contribution in [2.24, 2.45) is 0 Å². The third kappa shape index (κ3) is 1.54. The van der Waals surface area contributed by atoms with E-state index in [1.807, 2.05) is 31.2 Å². The number of H-pyrrole nitrogens is 1. The molecule has 0 amide bonds. The van der Waals surface area contributed by atoms with Crippen LogP contribution in [0.3, 0.4) is 0 Å². The molecule has 0 radical (unpaired) electrons. The minimum Gasteiger partial charge on any atom is -0.277 e. The summed E-state index contributed by atoms with van der Waals surface area (Å²) in [5, 5.41) is 17.3. The maximum atomic E-state index is 9.01. The Morgan fingerprint density at radius 1 is 1.22 bits per heavy atom. The zero-order valence-electron chi connectivity index (χ0n) is 9.81. The van der Waals surface area contributed by atoms with Gasteiger partial charge in [0.25, 0.3) is 0 Å². The summed E-state index contributed by atoms with van der Waals surface area (Å²) >= 11 is 0. The molecule has 1 aromatic carbocycles. The van der Waals surface area contributed by atoms with E-state index < -0.39 is 0 Å². The lowest BCUT2D eigenvalue weighted by Gasteiger charge is -1.99. The summed E-state index contributed by atoms with van der Waals surface area (Å²) in [7, 11) is 0. The fraction of sp³-hybridized carbons (Fsp3) is 0.0714. The van der Waals surface area contributed by atoms with Crippen LogP contribution in [0.5, 0.6) is 0 Å². The molecule has 1 N–H and O–H groups in total. The largest absolute Gasteiger partial charge is 0.277 e. The van der Waals surface area contributed by atoms with E-state index in [0.717, 1.165) is 27.7 Å². The van der Waals surface area contributed by atoms with Crippen LogP contribution in [0.2, 0.25) is 0 Å². The van der Waals surface area contributed by atoms with Gasteiger partial charge in [-0.05, 0) is 36.8 Å². The first-order valence-electron chi connectivity index (χ1n) is 5.59. The lowest BCUT2D eigenvalue weighted by molar-refractivity contribution is 1.12. The first-order chi connectivity index (χ1) is 8.79. The summed E-state index contributed by atoms with van der Waals surface area (Å²) in [6.45, 7) is 1.93. The monoisotopic (exact) mass is 234 g/mol. The number of aromatic amines is 1. The fourth-order valence-corrected chi connectivity index (χ4v) is 2.02. The van der Waals surface area contributed by atoms with E-state index in [2.05, 4.69) is 21.3 Å². The number of nitrogens with one attached hydrogen (secondary N) is 1. The van der Waals surface area contributed by atoms with E-state index in [-0.39, 0.29) is 0 Å². The Morgan fingerprint density at radius 3 is 2.72 bits per heavy atom. The molecule has 0 saturated carbocycles. The summed E-state index contributed by atoms with van der Waals surface area (Å²) in [4.78, 5) is 4.00. The Bertz CT molecular complexity index is 751. The standard InChI is InChI=1S/C14H10N4/c1-9-6-12-13(7-11(9)8-15)17-18-14(12)10-2-4-16-5-3-10/h2-7H,1H3,(H,17,18). The van der Waals surface area contributed by atoms with Crippen LogP contribution >= 0.6 is 0 Å². The fourth-order valence-electron chi connectivity index (χ4n) is 2.02. The van der Waals surface area contributed by atoms with Gasteiger partial charge in [0.15, 0.2) is 0 Å². The maximum absolute atomic E-state index is 9.01. The Kier molecular flexibility index (Phi) is 2.31. The molecule has 0 fully saturated rings. The zero-order valence-corrected chi connectivity index (χ0v) is 9.81. The number of hydrogen-bond acceptors (Lipinski definition) is 3. The van der Waals surface area contributed by atoms with Crippen molar-refractivity contribution in [1.82, 2.24) is 15.2 Å². The molecule has 0 aliphatic heterocycles. The minimum atomic E-state index is 0.674. The van der Waals surface area contributed by atoms with E-state index >= 15 is 0 Å². The van der Waals surface area contributed by atoms with Gasteiger partial charge in [-0.3, -0.25) is 10.1 Å². The molecule has 0 bridgehead atoms. The van der Waals surface area contributed by atoms with E-state index in [1.165, 1.54) is 0 Å². The van der Waals surface area contributed by atoms with Crippen LogP contribution in [-0.4, -0.2) is 15.2 Å². The average Bonchev–Trinajstić information content (AvgIpc) is 2.81. The van der Waals surface area contributed by atoms with Gasteiger partial charge in [-0.15, -0.1) is 0 Å². The van der Waals surface area contributed by atoms with Crippen LogP contribution in [0.4, 0.5) is 0 Å². The molecule has 2 aromatic heterocycles. The van der Waals surface area contributed by atoms with Crippen molar-refractivity contribution in [1.29, 1.82) is 5.26 Å². The van der Waals surface area contributed by atoms with Gasteiger partial charge in [0, 0.05) is 23.3 Å². The smallest absolute Gasteiger partial charge is 0.100 e. The minimum absolute atomic E-state index is 0.674. The Morgan fingerprint density at radius 2 is 2.00 bits per heavy atom. The van der Waals surface area contributed by atoms with E-state index in [0.29, 0.717) is 5.56 Å². The van der Waals surface area contributed by atoms with Crippen LogP contribution in [0, 0.1) is 18.3 Å². The molecule has 0 aliphatic carbocycles. The number of nitrogens with zero attached hydrogens (tertiary/aromatic N) is 3. The number of pyridine rings is 1. The summed E-state index contributed by atoms with van der Waals surface area (Å²) in [5.41, 5.74) is 4.42. The second-order valence-corrected chi connectivity index (χ2v) is 4.13. The third-order valence-electron chi connectivity index (χ3n) is 2.98. The number of aryl methyl sites for hydroxylation is 1. The Labute approximate surface area is 104 Å². The third-order valence-corrected chi connectivity index (χ3v) is 2.98. The van der Waals surface area contributed by atoms with Gasteiger partial charge < -0.3 is 0 Å². The van der Waals surface area contributed by atoms with E-state index in [9.17, 15) is 0 Å². The van der Waals surface area contributed by atoms with Gasteiger partial charge in [-0.1, -0.05) is 0 Å². The number of nitriles is 1. The molecule has 0 aliphatic rings.